The Kier molecular flexibility index (Phi) is 4.70. The van der Waals surface area contributed by atoms with E-state index in [-0.39, 0.29) is 0 Å². The van der Waals surface area contributed by atoms with Crippen LogP contribution >= 0.6 is 0 Å². The highest BCUT2D eigenvalue weighted by molar-refractivity contribution is 7.85. The fourth-order valence-corrected chi connectivity index (χ4v) is 2.76. The van der Waals surface area contributed by atoms with Crippen molar-refractivity contribution in [2.45, 2.75) is 18.0 Å². The number of halogens is 3. The van der Waals surface area contributed by atoms with E-state index < -0.39 is 35.2 Å². The zero-order valence-corrected chi connectivity index (χ0v) is 10.1. The van der Waals surface area contributed by atoms with Crippen molar-refractivity contribution in [2.24, 2.45) is 11.7 Å². The Bertz CT molecular complexity index is 406. The van der Waals surface area contributed by atoms with Crippen molar-refractivity contribution in [3.05, 3.63) is 29.8 Å². The Labute approximate surface area is 100 Å². The highest BCUT2D eigenvalue weighted by Gasteiger charge is 2.39. The Morgan fingerprint density at radius 1 is 1.41 bits per heavy atom. The number of rotatable bonds is 4. The van der Waals surface area contributed by atoms with Gasteiger partial charge in [-0.25, -0.2) is 0 Å². The van der Waals surface area contributed by atoms with Crippen LogP contribution in [-0.2, 0) is 10.8 Å². The molecule has 0 aliphatic carbocycles. The molecule has 6 heteroatoms. The van der Waals surface area contributed by atoms with E-state index in [0.717, 1.165) is 5.56 Å². The molecule has 0 radical (unpaired) electrons. The second-order valence-electron chi connectivity index (χ2n) is 3.80. The summed E-state index contributed by atoms with van der Waals surface area (Å²) in [5.41, 5.74) is 5.93. The van der Waals surface area contributed by atoms with Crippen LogP contribution in [0.3, 0.4) is 0 Å². The summed E-state index contributed by atoms with van der Waals surface area (Å²) in [6, 6.07) is 6.66. The van der Waals surface area contributed by atoms with Gasteiger partial charge in [0.25, 0.3) is 0 Å². The van der Waals surface area contributed by atoms with Crippen LogP contribution < -0.4 is 5.73 Å². The molecule has 0 amide bonds. The number of nitrogens with two attached hydrogens (primary N) is 1. The molecule has 96 valence electrons. The molecule has 0 aliphatic heterocycles. The third kappa shape index (κ3) is 4.12. The summed E-state index contributed by atoms with van der Waals surface area (Å²) in [4.78, 5) is 0.410. The number of hydrogen-bond donors (Lipinski definition) is 1. The van der Waals surface area contributed by atoms with Gasteiger partial charge in [0.15, 0.2) is 0 Å². The van der Waals surface area contributed by atoms with Gasteiger partial charge in [-0.1, -0.05) is 12.1 Å². The van der Waals surface area contributed by atoms with Crippen molar-refractivity contribution < 1.29 is 17.4 Å². The normalized spacial score (nSPS) is 15.6. The lowest BCUT2D eigenvalue weighted by Crippen LogP contribution is -2.34. The van der Waals surface area contributed by atoms with E-state index in [0.29, 0.717) is 4.90 Å². The minimum Gasteiger partial charge on any atom is -0.330 e. The Balaban J connectivity index is 2.78. The maximum Gasteiger partial charge on any atom is 0.393 e. The van der Waals surface area contributed by atoms with E-state index in [4.69, 9.17) is 5.73 Å². The van der Waals surface area contributed by atoms with Crippen LogP contribution in [0.5, 0.6) is 0 Å². The van der Waals surface area contributed by atoms with Crippen molar-refractivity contribution in [3.63, 3.8) is 0 Å². The van der Waals surface area contributed by atoms with Crippen LogP contribution in [0.1, 0.15) is 5.56 Å². The molecular formula is C11H14F3NOS. The summed E-state index contributed by atoms with van der Waals surface area (Å²) >= 11 is 0. The number of aryl methyl sites for hydroxylation is 1. The average molecular weight is 265 g/mol. The molecule has 0 aliphatic rings. The molecule has 2 unspecified atom stereocenters. The van der Waals surface area contributed by atoms with Crippen LogP contribution in [-0.4, -0.2) is 22.7 Å². The summed E-state index contributed by atoms with van der Waals surface area (Å²) in [7, 11) is -1.67. The molecule has 0 aromatic heterocycles. The van der Waals surface area contributed by atoms with Crippen LogP contribution in [0.2, 0.25) is 0 Å². The molecule has 1 aromatic carbocycles. The van der Waals surface area contributed by atoms with E-state index >= 15 is 0 Å². The molecule has 1 aromatic rings. The van der Waals surface area contributed by atoms with Gasteiger partial charge < -0.3 is 5.73 Å². The molecule has 0 spiro atoms. The van der Waals surface area contributed by atoms with Crippen LogP contribution in [0.15, 0.2) is 29.2 Å². The smallest absolute Gasteiger partial charge is 0.330 e. The van der Waals surface area contributed by atoms with E-state index in [1.54, 1.807) is 31.2 Å². The van der Waals surface area contributed by atoms with Gasteiger partial charge in [0.2, 0.25) is 0 Å². The topological polar surface area (TPSA) is 43.1 Å². The monoisotopic (exact) mass is 265 g/mol. The van der Waals surface area contributed by atoms with Crippen molar-refractivity contribution in [1.82, 2.24) is 0 Å². The number of hydrogen-bond acceptors (Lipinski definition) is 2. The van der Waals surface area contributed by atoms with Gasteiger partial charge in [0.1, 0.15) is 0 Å². The molecule has 0 saturated heterocycles. The fraction of sp³-hybridized carbons (Fsp3) is 0.455. The molecule has 2 nitrogen and oxygen atoms in total. The lowest BCUT2D eigenvalue weighted by atomic mass is 10.2. The lowest BCUT2D eigenvalue weighted by Gasteiger charge is -2.17. The Hall–Kier alpha value is -0.880. The van der Waals surface area contributed by atoms with Gasteiger partial charge in [-0.15, -0.1) is 0 Å². The second kappa shape index (κ2) is 5.64. The summed E-state index contributed by atoms with van der Waals surface area (Å²) in [5.74, 6) is -2.20. The van der Waals surface area contributed by atoms with E-state index in [2.05, 4.69) is 0 Å². The highest BCUT2D eigenvalue weighted by atomic mass is 32.2. The maximum absolute atomic E-state index is 12.5. The van der Waals surface area contributed by atoms with Crippen LogP contribution in [0.4, 0.5) is 13.2 Å². The Morgan fingerprint density at radius 2 is 2.06 bits per heavy atom. The summed E-state index contributed by atoms with van der Waals surface area (Å²) in [5, 5.41) is 0. The van der Waals surface area contributed by atoms with Gasteiger partial charge in [0.05, 0.1) is 16.7 Å². The largest absolute Gasteiger partial charge is 0.393 e. The van der Waals surface area contributed by atoms with Crippen molar-refractivity contribution in [3.8, 4) is 0 Å². The first-order valence-electron chi connectivity index (χ1n) is 5.06. The lowest BCUT2D eigenvalue weighted by molar-refractivity contribution is -0.165. The minimum absolute atomic E-state index is 0.410. The predicted molar refractivity (Wildman–Crippen MR) is 61.1 cm³/mol. The SMILES string of the molecule is Cc1cccc(S(=O)CC(CN)C(F)(F)F)c1. The zero-order valence-electron chi connectivity index (χ0n) is 9.33. The predicted octanol–water partition coefficient (Wildman–Crippen LogP) is 2.24. The van der Waals surface area contributed by atoms with Crippen molar-refractivity contribution in [1.29, 1.82) is 0 Å². The van der Waals surface area contributed by atoms with Gasteiger partial charge in [0, 0.05) is 17.2 Å². The third-order valence-corrected chi connectivity index (χ3v) is 3.84. The van der Waals surface area contributed by atoms with E-state index in [1.165, 1.54) is 0 Å². The van der Waals surface area contributed by atoms with E-state index in [1.807, 2.05) is 0 Å². The molecule has 0 fully saturated rings. The molecule has 2 N–H and O–H groups in total. The summed E-state index contributed by atoms with van der Waals surface area (Å²) < 4.78 is 49.2. The first kappa shape index (κ1) is 14.2. The molecule has 0 saturated carbocycles. The molecule has 1 rings (SSSR count). The number of benzene rings is 1. The summed E-state index contributed by atoms with van der Waals surface area (Å²) in [6.45, 7) is 1.26. The first-order chi connectivity index (χ1) is 7.84. The zero-order chi connectivity index (χ0) is 13.1. The molecule has 0 heterocycles. The number of alkyl halides is 3. The average Bonchev–Trinajstić information content (AvgIpc) is 2.23. The van der Waals surface area contributed by atoms with Crippen LogP contribution in [0.25, 0.3) is 0 Å². The fourth-order valence-electron chi connectivity index (χ4n) is 1.33. The maximum atomic E-state index is 12.5. The van der Waals surface area contributed by atoms with Crippen molar-refractivity contribution >= 4 is 10.8 Å². The molecule has 17 heavy (non-hydrogen) atoms. The molecular weight excluding hydrogens is 251 g/mol. The van der Waals surface area contributed by atoms with E-state index in [9.17, 15) is 17.4 Å². The molecule has 0 bridgehead atoms. The highest BCUT2D eigenvalue weighted by Crippen LogP contribution is 2.27. The van der Waals surface area contributed by atoms with Gasteiger partial charge in [-0.05, 0) is 24.6 Å². The van der Waals surface area contributed by atoms with Crippen molar-refractivity contribution in [2.75, 3.05) is 12.3 Å². The minimum atomic E-state index is -4.39. The quantitative estimate of drug-likeness (QED) is 0.907. The van der Waals surface area contributed by atoms with Gasteiger partial charge in [-0.3, -0.25) is 4.21 Å². The standard InChI is InChI=1S/C11H14F3NOS/c1-8-3-2-4-10(5-8)17(16)7-9(6-15)11(12,13)14/h2-5,9H,6-7,15H2,1H3. The van der Waals surface area contributed by atoms with Crippen LogP contribution in [0, 0.1) is 12.8 Å². The Morgan fingerprint density at radius 3 is 2.53 bits per heavy atom. The molecule has 2 atom stereocenters. The third-order valence-electron chi connectivity index (χ3n) is 2.35. The van der Waals surface area contributed by atoms with Gasteiger partial charge in [-0.2, -0.15) is 13.2 Å². The first-order valence-corrected chi connectivity index (χ1v) is 6.38. The second-order valence-corrected chi connectivity index (χ2v) is 5.30. The summed E-state index contributed by atoms with van der Waals surface area (Å²) in [6.07, 6.45) is -4.39. The van der Waals surface area contributed by atoms with Gasteiger partial charge >= 0.3 is 6.18 Å².